The van der Waals surface area contributed by atoms with E-state index in [-0.39, 0.29) is 12.6 Å². The van der Waals surface area contributed by atoms with Gasteiger partial charge in [-0.05, 0) is 37.1 Å². The lowest BCUT2D eigenvalue weighted by Crippen LogP contribution is -2.34. The summed E-state index contributed by atoms with van der Waals surface area (Å²) in [5.41, 5.74) is 1.44. The largest absolute Gasteiger partial charge is 0.387 e. The van der Waals surface area contributed by atoms with Crippen LogP contribution in [0.4, 0.5) is 8.78 Å². The second kappa shape index (κ2) is 6.78. The average Bonchev–Trinajstić information content (AvgIpc) is 2.84. The molecule has 0 aliphatic rings. The average molecular weight is 295 g/mol. The second-order valence-electron chi connectivity index (χ2n) is 5.24. The lowest BCUT2D eigenvalue weighted by molar-refractivity contribution is 0.168. The van der Waals surface area contributed by atoms with Crippen LogP contribution in [0.15, 0.2) is 30.6 Å². The number of aromatic nitrogens is 2. The summed E-state index contributed by atoms with van der Waals surface area (Å²) < 4.78 is 27.8. The SMILES string of the molecule is Cc1cnn(C[C@@H](C)NC[C@@H](O)c2ccc(F)c(F)c2)c1. The van der Waals surface area contributed by atoms with Crippen molar-refractivity contribution in [2.75, 3.05) is 6.54 Å². The molecule has 0 radical (unpaired) electrons. The Balaban J connectivity index is 1.85. The van der Waals surface area contributed by atoms with Gasteiger partial charge in [-0.25, -0.2) is 8.78 Å². The Morgan fingerprint density at radius 3 is 2.71 bits per heavy atom. The van der Waals surface area contributed by atoms with E-state index in [1.807, 2.05) is 24.7 Å². The Morgan fingerprint density at radius 2 is 2.10 bits per heavy atom. The molecule has 0 aliphatic heterocycles. The smallest absolute Gasteiger partial charge is 0.159 e. The van der Waals surface area contributed by atoms with Gasteiger partial charge in [0.1, 0.15) is 0 Å². The van der Waals surface area contributed by atoms with Gasteiger partial charge >= 0.3 is 0 Å². The van der Waals surface area contributed by atoms with Gasteiger partial charge in [0.25, 0.3) is 0 Å². The third-order valence-corrected chi connectivity index (χ3v) is 3.21. The van der Waals surface area contributed by atoms with Gasteiger partial charge in [-0.3, -0.25) is 4.68 Å². The summed E-state index contributed by atoms with van der Waals surface area (Å²) in [5.74, 6) is -1.87. The molecule has 1 aromatic carbocycles. The highest BCUT2D eigenvalue weighted by Gasteiger charge is 2.12. The molecule has 0 fully saturated rings. The molecule has 1 heterocycles. The van der Waals surface area contributed by atoms with E-state index in [1.165, 1.54) is 6.07 Å². The first-order chi connectivity index (χ1) is 9.95. The Hall–Kier alpha value is -1.79. The molecule has 2 atom stereocenters. The summed E-state index contributed by atoms with van der Waals surface area (Å²) >= 11 is 0. The van der Waals surface area contributed by atoms with Crippen LogP contribution in [-0.4, -0.2) is 27.5 Å². The number of hydrogen-bond donors (Lipinski definition) is 2. The van der Waals surface area contributed by atoms with Crippen molar-refractivity contribution in [3.63, 3.8) is 0 Å². The molecule has 1 aromatic heterocycles. The normalized spacial score (nSPS) is 14.1. The van der Waals surface area contributed by atoms with Crippen molar-refractivity contribution in [2.45, 2.75) is 32.5 Å². The second-order valence-corrected chi connectivity index (χ2v) is 5.24. The number of nitrogens with one attached hydrogen (secondary N) is 1. The highest BCUT2D eigenvalue weighted by molar-refractivity contribution is 5.20. The van der Waals surface area contributed by atoms with Crippen molar-refractivity contribution in [2.24, 2.45) is 0 Å². The van der Waals surface area contributed by atoms with Crippen molar-refractivity contribution in [1.29, 1.82) is 0 Å². The van der Waals surface area contributed by atoms with Gasteiger partial charge < -0.3 is 10.4 Å². The van der Waals surface area contributed by atoms with Crippen molar-refractivity contribution in [3.8, 4) is 0 Å². The van der Waals surface area contributed by atoms with Gasteiger partial charge in [0.05, 0.1) is 18.8 Å². The molecule has 0 unspecified atom stereocenters. The quantitative estimate of drug-likeness (QED) is 0.859. The molecule has 0 spiro atoms. The van der Waals surface area contributed by atoms with E-state index < -0.39 is 17.7 Å². The summed E-state index contributed by atoms with van der Waals surface area (Å²) in [5, 5.41) is 17.3. The lowest BCUT2D eigenvalue weighted by atomic mass is 10.1. The number of nitrogens with zero attached hydrogens (tertiary/aromatic N) is 2. The number of benzene rings is 1. The minimum absolute atomic E-state index is 0.0873. The maximum atomic E-state index is 13.1. The highest BCUT2D eigenvalue weighted by Crippen LogP contribution is 2.15. The van der Waals surface area contributed by atoms with Crippen molar-refractivity contribution in [1.82, 2.24) is 15.1 Å². The predicted molar refractivity (Wildman–Crippen MR) is 75.7 cm³/mol. The third kappa shape index (κ3) is 4.34. The minimum atomic E-state index is -0.952. The van der Waals surface area contributed by atoms with Crippen LogP contribution in [0, 0.1) is 18.6 Å². The Labute approximate surface area is 122 Å². The zero-order valence-electron chi connectivity index (χ0n) is 12.1. The molecular weight excluding hydrogens is 276 g/mol. The molecule has 0 saturated heterocycles. The number of aliphatic hydroxyl groups excluding tert-OH is 1. The van der Waals surface area contributed by atoms with Crippen LogP contribution in [0.5, 0.6) is 0 Å². The maximum absolute atomic E-state index is 13.1. The van der Waals surface area contributed by atoms with Crippen molar-refractivity contribution in [3.05, 3.63) is 53.4 Å². The Kier molecular flexibility index (Phi) is 5.03. The van der Waals surface area contributed by atoms with Crippen molar-refractivity contribution < 1.29 is 13.9 Å². The standard InChI is InChI=1S/C15H19F2N3O/c1-10-6-19-20(8-10)9-11(2)18-7-15(21)12-3-4-13(16)14(17)5-12/h3-6,8,11,15,18,21H,7,9H2,1-2H3/t11-,15-/m1/s1. The lowest BCUT2D eigenvalue weighted by Gasteiger charge is -2.17. The molecule has 2 N–H and O–H groups in total. The number of halogens is 2. The fourth-order valence-corrected chi connectivity index (χ4v) is 2.06. The van der Waals surface area contributed by atoms with E-state index in [0.717, 1.165) is 17.7 Å². The van der Waals surface area contributed by atoms with Crippen LogP contribution in [-0.2, 0) is 6.54 Å². The summed E-state index contributed by atoms with van der Waals surface area (Å²) in [6.45, 7) is 4.86. The molecule has 2 aromatic rings. The topological polar surface area (TPSA) is 50.1 Å². The van der Waals surface area contributed by atoms with Crippen LogP contribution in [0.2, 0.25) is 0 Å². The molecule has 4 nitrogen and oxygen atoms in total. The van der Waals surface area contributed by atoms with E-state index in [1.54, 1.807) is 6.20 Å². The minimum Gasteiger partial charge on any atom is -0.387 e. The zero-order chi connectivity index (χ0) is 15.4. The molecular formula is C15H19F2N3O. The fourth-order valence-electron chi connectivity index (χ4n) is 2.06. The first-order valence-electron chi connectivity index (χ1n) is 6.81. The monoisotopic (exact) mass is 295 g/mol. The van der Waals surface area contributed by atoms with Gasteiger partial charge in [0.2, 0.25) is 0 Å². The van der Waals surface area contributed by atoms with Crippen molar-refractivity contribution >= 4 is 0 Å². The molecule has 0 amide bonds. The molecule has 114 valence electrons. The summed E-state index contributed by atoms with van der Waals surface area (Å²) in [4.78, 5) is 0. The molecule has 6 heteroatoms. The van der Waals surface area contributed by atoms with Crippen LogP contribution in [0.25, 0.3) is 0 Å². The highest BCUT2D eigenvalue weighted by atomic mass is 19.2. The predicted octanol–water partition coefficient (Wildman–Crippen LogP) is 2.18. The summed E-state index contributed by atoms with van der Waals surface area (Å²) in [6.07, 6.45) is 2.83. The van der Waals surface area contributed by atoms with Gasteiger partial charge in [-0.2, -0.15) is 5.10 Å². The van der Waals surface area contributed by atoms with Crippen LogP contribution in [0.1, 0.15) is 24.2 Å². The van der Waals surface area contributed by atoms with E-state index in [0.29, 0.717) is 12.1 Å². The molecule has 0 saturated carbocycles. The Bertz CT molecular complexity index is 600. The fraction of sp³-hybridized carbons (Fsp3) is 0.400. The van der Waals surface area contributed by atoms with Crippen LogP contribution < -0.4 is 5.32 Å². The maximum Gasteiger partial charge on any atom is 0.159 e. The van der Waals surface area contributed by atoms with Gasteiger partial charge in [0, 0.05) is 18.8 Å². The van der Waals surface area contributed by atoms with Gasteiger partial charge in [-0.15, -0.1) is 0 Å². The van der Waals surface area contributed by atoms with Gasteiger partial charge in [0.15, 0.2) is 11.6 Å². The summed E-state index contributed by atoms with van der Waals surface area (Å²) in [7, 11) is 0. The molecule has 21 heavy (non-hydrogen) atoms. The Morgan fingerprint density at radius 1 is 1.33 bits per heavy atom. The summed E-state index contributed by atoms with van der Waals surface area (Å²) in [6, 6.07) is 3.50. The van der Waals surface area contributed by atoms with E-state index >= 15 is 0 Å². The molecule has 2 rings (SSSR count). The van der Waals surface area contributed by atoms with Gasteiger partial charge in [-0.1, -0.05) is 6.07 Å². The number of hydrogen-bond acceptors (Lipinski definition) is 3. The number of aliphatic hydroxyl groups is 1. The molecule has 0 aliphatic carbocycles. The number of aryl methyl sites for hydroxylation is 1. The van der Waals surface area contributed by atoms with E-state index in [2.05, 4.69) is 10.4 Å². The number of rotatable bonds is 6. The first kappa shape index (κ1) is 15.6. The molecule has 0 bridgehead atoms. The van der Waals surface area contributed by atoms with Crippen LogP contribution >= 0.6 is 0 Å². The third-order valence-electron chi connectivity index (χ3n) is 3.21. The zero-order valence-corrected chi connectivity index (χ0v) is 12.1. The van der Waals surface area contributed by atoms with E-state index in [4.69, 9.17) is 0 Å². The van der Waals surface area contributed by atoms with Crippen LogP contribution in [0.3, 0.4) is 0 Å². The first-order valence-corrected chi connectivity index (χ1v) is 6.81. The van der Waals surface area contributed by atoms with E-state index in [9.17, 15) is 13.9 Å².